The second-order valence-electron chi connectivity index (χ2n) is 1.21. The highest BCUT2D eigenvalue weighted by atomic mass is 32.2. The van der Waals surface area contributed by atoms with Crippen molar-refractivity contribution in [2.45, 2.75) is 6.61 Å². The van der Waals surface area contributed by atoms with E-state index in [1.54, 1.807) is 0 Å². The quantitative estimate of drug-likeness (QED) is 0.641. The highest BCUT2D eigenvalue weighted by Crippen LogP contribution is 2.16. The van der Waals surface area contributed by atoms with Gasteiger partial charge < -0.3 is 5.11 Å². The third kappa shape index (κ3) is 1.35. The van der Waals surface area contributed by atoms with Gasteiger partial charge in [-0.25, -0.2) is 0 Å². The molecule has 1 nitrogen and oxygen atoms in total. The van der Waals surface area contributed by atoms with Crippen LogP contribution in [0.2, 0.25) is 0 Å². The summed E-state index contributed by atoms with van der Waals surface area (Å²) in [4.78, 5) is 0.958. The average Bonchev–Trinajstić information content (AvgIpc) is 2.14. The molecule has 0 aliphatic heterocycles. The molecule has 1 rings (SSSR count). The Morgan fingerprint density at radius 1 is 1.75 bits per heavy atom. The summed E-state index contributed by atoms with van der Waals surface area (Å²) in [5, 5.41) is 10.4. The lowest BCUT2D eigenvalue weighted by Crippen LogP contribution is -1.69. The van der Waals surface area contributed by atoms with Gasteiger partial charge in [-0.1, -0.05) is 12.2 Å². The highest BCUT2D eigenvalue weighted by Gasteiger charge is 1.89. The fourth-order valence-corrected chi connectivity index (χ4v) is 2.38. The van der Waals surface area contributed by atoms with Gasteiger partial charge >= 0.3 is 0 Å². The van der Waals surface area contributed by atoms with Gasteiger partial charge in [-0.15, -0.1) is 22.7 Å². The van der Waals surface area contributed by atoms with Crippen LogP contribution in [0.1, 0.15) is 4.88 Å². The maximum Gasteiger partial charge on any atom is 0.144 e. The molecule has 44 valence electrons. The van der Waals surface area contributed by atoms with E-state index in [4.69, 9.17) is 17.3 Å². The molecule has 8 heavy (non-hydrogen) atoms. The van der Waals surface area contributed by atoms with Crippen molar-refractivity contribution in [3.63, 3.8) is 0 Å². The molecular weight excluding hydrogens is 160 g/mol. The van der Waals surface area contributed by atoms with Crippen LogP contribution in [-0.4, -0.2) is 5.11 Å². The maximum atomic E-state index is 8.52. The van der Waals surface area contributed by atoms with Gasteiger partial charge in [0.15, 0.2) is 0 Å². The van der Waals surface area contributed by atoms with Gasteiger partial charge in [0.2, 0.25) is 0 Å². The zero-order chi connectivity index (χ0) is 5.98. The zero-order valence-corrected chi connectivity index (χ0v) is 6.41. The maximum absolute atomic E-state index is 8.52. The molecule has 0 amide bonds. The monoisotopic (exact) mass is 164 g/mol. The Labute approximate surface area is 60.2 Å². The summed E-state index contributed by atoms with van der Waals surface area (Å²) in [5.41, 5.74) is 0. The molecule has 0 spiro atoms. The molecule has 0 radical (unpaired) electrons. The summed E-state index contributed by atoms with van der Waals surface area (Å²) in [6, 6.07) is 0. The van der Waals surface area contributed by atoms with Crippen molar-refractivity contribution in [1.29, 1.82) is 0 Å². The van der Waals surface area contributed by atoms with Gasteiger partial charge in [-0.05, 0) is 0 Å². The summed E-state index contributed by atoms with van der Waals surface area (Å²) in [7, 11) is 0. The van der Waals surface area contributed by atoms with E-state index in [9.17, 15) is 0 Å². The summed E-state index contributed by atoms with van der Waals surface area (Å²) >= 11 is 7.80. The summed E-state index contributed by atoms with van der Waals surface area (Å²) in [6.45, 7) is 0.123. The molecule has 1 aromatic heterocycles. The Kier molecular flexibility index (Phi) is 2.13. The van der Waals surface area contributed by atoms with E-state index in [-0.39, 0.29) is 6.61 Å². The van der Waals surface area contributed by atoms with Crippen LogP contribution in [0.5, 0.6) is 0 Å². The van der Waals surface area contributed by atoms with Crippen LogP contribution in [0.3, 0.4) is 0 Å². The fourth-order valence-electron chi connectivity index (χ4n) is 0.339. The third-order valence-corrected chi connectivity index (χ3v) is 3.15. The minimum absolute atomic E-state index is 0.123. The summed E-state index contributed by atoms with van der Waals surface area (Å²) in [5.74, 6) is 0. The van der Waals surface area contributed by atoms with Gasteiger partial charge in [-0.2, -0.15) is 0 Å². The zero-order valence-electron chi connectivity index (χ0n) is 3.96. The van der Waals surface area contributed by atoms with Crippen LogP contribution >= 0.6 is 34.9 Å². The van der Waals surface area contributed by atoms with Gasteiger partial charge in [0, 0.05) is 10.3 Å². The number of hydrogen-bond donors (Lipinski definition) is 1. The SMILES string of the molecule is OCc1csc(=S)s1. The molecule has 1 N–H and O–H groups in total. The summed E-state index contributed by atoms with van der Waals surface area (Å²) in [6.07, 6.45) is 0. The molecule has 1 heterocycles. The topological polar surface area (TPSA) is 20.2 Å². The highest BCUT2D eigenvalue weighted by molar-refractivity contribution is 7.76. The van der Waals surface area contributed by atoms with E-state index in [0.717, 1.165) is 8.01 Å². The van der Waals surface area contributed by atoms with Crippen molar-refractivity contribution in [2.75, 3.05) is 0 Å². The lowest BCUT2D eigenvalue weighted by Gasteiger charge is -1.77. The number of aliphatic hydroxyl groups excluding tert-OH is 1. The molecule has 0 atom stereocenters. The standard InChI is InChI=1S/C4H4OS3/c5-1-3-2-7-4(6)8-3/h2,5H,1H2. The first-order chi connectivity index (χ1) is 3.83. The molecule has 0 unspecified atom stereocenters. The second kappa shape index (κ2) is 2.68. The first kappa shape index (κ1) is 6.35. The first-order valence-corrected chi connectivity index (χ1v) is 4.12. The Morgan fingerprint density at radius 2 is 2.50 bits per heavy atom. The fraction of sp³-hybridized carbons (Fsp3) is 0.250. The van der Waals surface area contributed by atoms with Crippen molar-refractivity contribution < 1.29 is 5.11 Å². The molecule has 0 fully saturated rings. The Morgan fingerprint density at radius 3 is 2.75 bits per heavy atom. The van der Waals surface area contributed by atoms with E-state index >= 15 is 0 Å². The van der Waals surface area contributed by atoms with Gasteiger partial charge in [0.05, 0.1) is 6.61 Å². The van der Waals surface area contributed by atoms with Crippen LogP contribution in [0.4, 0.5) is 0 Å². The van der Waals surface area contributed by atoms with Crippen molar-refractivity contribution in [3.8, 4) is 0 Å². The molecule has 0 aromatic carbocycles. The van der Waals surface area contributed by atoms with E-state index in [0.29, 0.717) is 0 Å². The minimum atomic E-state index is 0.123. The van der Waals surface area contributed by atoms with Crippen LogP contribution < -0.4 is 0 Å². The molecule has 0 aliphatic carbocycles. The van der Waals surface area contributed by atoms with Gasteiger partial charge in [0.25, 0.3) is 0 Å². The number of aliphatic hydroxyl groups is 1. The van der Waals surface area contributed by atoms with Crippen LogP contribution in [0.15, 0.2) is 5.38 Å². The number of hydrogen-bond acceptors (Lipinski definition) is 4. The van der Waals surface area contributed by atoms with E-state index in [2.05, 4.69) is 0 Å². The Hall–Kier alpha value is 0.230. The van der Waals surface area contributed by atoms with E-state index in [1.807, 2.05) is 5.38 Å². The van der Waals surface area contributed by atoms with Crippen molar-refractivity contribution in [1.82, 2.24) is 0 Å². The molecule has 1 aromatic rings. The van der Waals surface area contributed by atoms with Crippen LogP contribution in [0.25, 0.3) is 0 Å². The molecule has 0 aliphatic rings. The Bertz CT molecular complexity index is 211. The largest absolute Gasteiger partial charge is 0.391 e. The molecular formula is C4H4OS3. The third-order valence-electron chi connectivity index (χ3n) is 0.657. The lowest BCUT2D eigenvalue weighted by atomic mass is 10.6. The molecule has 4 heteroatoms. The van der Waals surface area contributed by atoms with Crippen molar-refractivity contribution >= 4 is 34.9 Å². The van der Waals surface area contributed by atoms with Crippen molar-refractivity contribution in [2.24, 2.45) is 0 Å². The summed E-state index contributed by atoms with van der Waals surface area (Å²) < 4.78 is 0.883. The minimum Gasteiger partial charge on any atom is -0.391 e. The number of rotatable bonds is 1. The predicted molar refractivity (Wildman–Crippen MR) is 39.0 cm³/mol. The smallest absolute Gasteiger partial charge is 0.144 e. The second-order valence-corrected chi connectivity index (χ2v) is 4.41. The van der Waals surface area contributed by atoms with Crippen LogP contribution in [0, 0.1) is 3.14 Å². The Balaban J connectivity index is 3.01. The molecule has 0 bridgehead atoms. The average molecular weight is 164 g/mol. The van der Waals surface area contributed by atoms with Gasteiger partial charge in [0.1, 0.15) is 3.14 Å². The first-order valence-electron chi connectivity index (χ1n) is 2.01. The normalized spacial score (nSPS) is 9.62. The van der Waals surface area contributed by atoms with Gasteiger partial charge in [-0.3, -0.25) is 0 Å². The lowest BCUT2D eigenvalue weighted by molar-refractivity contribution is 0.286. The predicted octanol–water partition coefficient (Wildman–Crippen LogP) is 2.03. The van der Waals surface area contributed by atoms with E-state index < -0.39 is 0 Å². The van der Waals surface area contributed by atoms with E-state index in [1.165, 1.54) is 22.7 Å². The molecule has 0 saturated heterocycles. The van der Waals surface area contributed by atoms with Crippen molar-refractivity contribution in [3.05, 3.63) is 13.4 Å². The van der Waals surface area contributed by atoms with Crippen LogP contribution in [-0.2, 0) is 6.61 Å². The molecule has 0 saturated carbocycles.